The van der Waals surface area contributed by atoms with Gasteiger partial charge in [0.15, 0.2) is 0 Å². The summed E-state index contributed by atoms with van der Waals surface area (Å²) in [4.78, 5) is 12.4. The highest BCUT2D eigenvalue weighted by Gasteiger charge is 2.33. The predicted octanol–water partition coefficient (Wildman–Crippen LogP) is 5.20. The van der Waals surface area contributed by atoms with Crippen LogP contribution in [0.4, 0.5) is 0 Å². The molecule has 1 aliphatic rings. The van der Waals surface area contributed by atoms with Gasteiger partial charge in [-0.3, -0.25) is 4.79 Å². The van der Waals surface area contributed by atoms with Gasteiger partial charge < -0.3 is 4.74 Å². The molecule has 0 N–H and O–H groups in total. The van der Waals surface area contributed by atoms with E-state index in [2.05, 4.69) is 47.1 Å². The lowest BCUT2D eigenvalue weighted by atomic mass is 9.75. The average molecular weight is 353 g/mol. The van der Waals surface area contributed by atoms with Crippen molar-refractivity contribution in [2.75, 3.05) is 6.61 Å². The fourth-order valence-electron chi connectivity index (χ4n) is 3.09. The first-order chi connectivity index (χ1) is 10.3. The van der Waals surface area contributed by atoms with Gasteiger partial charge in [0.25, 0.3) is 0 Å². The van der Waals surface area contributed by atoms with Crippen molar-refractivity contribution in [2.24, 2.45) is 5.92 Å². The third-order valence-corrected chi connectivity index (χ3v) is 5.02. The van der Waals surface area contributed by atoms with Crippen LogP contribution in [-0.2, 0) is 14.9 Å². The molecule has 2 rings (SSSR count). The van der Waals surface area contributed by atoms with E-state index in [1.54, 1.807) is 0 Å². The van der Waals surface area contributed by atoms with Crippen LogP contribution in [0, 0.1) is 5.92 Å². The molecule has 1 aliphatic carbocycles. The lowest BCUT2D eigenvalue weighted by molar-refractivity contribution is -0.150. The molecule has 21 heavy (non-hydrogen) atoms. The largest absolute Gasteiger partial charge is 0.465 e. The van der Waals surface area contributed by atoms with Crippen molar-refractivity contribution < 1.29 is 9.53 Å². The molecule has 1 aromatic rings. The van der Waals surface area contributed by atoms with Crippen LogP contribution in [0.3, 0.4) is 0 Å². The zero-order valence-corrected chi connectivity index (χ0v) is 14.4. The standard InChI is InChI=1S/C18H25BrO2/c1-2-3-12-21-18(20)17-7-5-4-6-16(17)15-10-8-14(13-19)9-11-15/h8-11,16-17H,2-7,12-13H2,1H3/t16-,17+/m0/s1. The van der Waals surface area contributed by atoms with E-state index < -0.39 is 0 Å². The van der Waals surface area contributed by atoms with Crippen molar-refractivity contribution >= 4 is 21.9 Å². The molecular weight excluding hydrogens is 328 g/mol. The van der Waals surface area contributed by atoms with Gasteiger partial charge in [-0.1, -0.05) is 66.4 Å². The summed E-state index contributed by atoms with van der Waals surface area (Å²) in [6.07, 6.45) is 6.45. The van der Waals surface area contributed by atoms with Gasteiger partial charge in [0.05, 0.1) is 12.5 Å². The maximum absolute atomic E-state index is 12.4. The van der Waals surface area contributed by atoms with Gasteiger partial charge in [-0.05, 0) is 36.3 Å². The van der Waals surface area contributed by atoms with Crippen LogP contribution in [0.25, 0.3) is 0 Å². The summed E-state index contributed by atoms with van der Waals surface area (Å²) in [5, 5.41) is 0.875. The summed E-state index contributed by atoms with van der Waals surface area (Å²) in [5.41, 5.74) is 2.56. The first-order valence-electron chi connectivity index (χ1n) is 8.07. The second-order valence-electron chi connectivity index (χ2n) is 5.89. The second-order valence-corrected chi connectivity index (χ2v) is 6.45. The van der Waals surface area contributed by atoms with Crippen LogP contribution in [-0.4, -0.2) is 12.6 Å². The van der Waals surface area contributed by atoms with Crippen LogP contribution < -0.4 is 0 Å². The molecular formula is C18H25BrO2. The highest BCUT2D eigenvalue weighted by Crippen LogP contribution is 2.38. The maximum Gasteiger partial charge on any atom is 0.309 e. The molecule has 3 heteroatoms. The number of rotatable bonds is 6. The number of esters is 1. The normalized spacial score (nSPS) is 22.0. The quantitative estimate of drug-likeness (QED) is 0.399. The van der Waals surface area contributed by atoms with Crippen molar-refractivity contribution in [3.8, 4) is 0 Å². The molecule has 1 fully saturated rings. The minimum Gasteiger partial charge on any atom is -0.465 e. The first kappa shape index (κ1) is 16.5. The molecule has 0 saturated heterocycles. The molecule has 0 radical (unpaired) electrons. The van der Waals surface area contributed by atoms with E-state index in [9.17, 15) is 4.79 Å². The number of ether oxygens (including phenoxy) is 1. The van der Waals surface area contributed by atoms with Gasteiger partial charge in [-0.25, -0.2) is 0 Å². The molecule has 0 unspecified atom stereocenters. The number of carbonyl (C=O) groups excluding carboxylic acids is 1. The Balaban J connectivity index is 2.05. The zero-order valence-electron chi connectivity index (χ0n) is 12.8. The van der Waals surface area contributed by atoms with Gasteiger partial charge in [0.2, 0.25) is 0 Å². The molecule has 0 aliphatic heterocycles. The van der Waals surface area contributed by atoms with E-state index in [1.807, 2.05) is 0 Å². The number of hydrogen-bond acceptors (Lipinski definition) is 2. The van der Waals surface area contributed by atoms with Crippen LogP contribution in [0.1, 0.15) is 62.5 Å². The number of benzene rings is 1. The van der Waals surface area contributed by atoms with Crippen LogP contribution in [0.15, 0.2) is 24.3 Å². The topological polar surface area (TPSA) is 26.3 Å². The summed E-state index contributed by atoms with van der Waals surface area (Å²) in [6, 6.07) is 8.66. The minimum atomic E-state index is 0.0118. The molecule has 1 aromatic carbocycles. The van der Waals surface area contributed by atoms with Crippen molar-refractivity contribution in [2.45, 2.75) is 56.7 Å². The van der Waals surface area contributed by atoms with Gasteiger partial charge >= 0.3 is 5.97 Å². The van der Waals surface area contributed by atoms with E-state index in [1.165, 1.54) is 17.5 Å². The number of alkyl halides is 1. The van der Waals surface area contributed by atoms with Gasteiger partial charge in [-0.15, -0.1) is 0 Å². The summed E-state index contributed by atoms with van der Waals surface area (Å²) in [5.74, 6) is 0.389. The first-order valence-corrected chi connectivity index (χ1v) is 9.19. The molecule has 2 atom stereocenters. The van der Waals surface area contributed by atoms with E-state index >= 15 is 0 Å². The smallest absolute Gasteiger partial charge is 0.309 e. The maximum atomic E-state index is 12.4. The predicted molar refractivity (Wildman–Crippen MR) is 89.6 cm³/mol. The number of carbonyl (C=O) groups is 1. The molecule has 0 heterocycles. The Morgan fingerprint density at radius 1 is 1.24 bits per heavy atom. The SMILES string of the molecule is CCCCOC(=O)[C@@H]1CCCC[C@H]1c1ccc(CBr)cc1. The molecule has 0 bridgehead atoms. The monoisotopic (exact) mass is 352 g/mol. The van der Waals surface area contributed by atoms with Crippen LogP contribution in [0.5, 0.6) is 0 Å². The Kier molecular flexibility index (Phi) is 6.75. The number of hydrogen-bond donors (Lipinski definition) is 0. The lowest BCUT2D eigenvalue weighted by Crippen LogP contribution is -2.27. The minimum absolute atomic E-state index is 0.0118. The fraction of sp³-hybridized carbons (Fsp3) is 0.611. The summed E-state index contributed by atoms with van der Waals surface area (Å²) < 4.78 is 5.47. The van der Waals surface area contributed by atoms with E-state index in [-0.39, 0.29) is 11.9 Å². The zero-order chi connectivity index (χ0) is 15.1. The van der Waals surface area contributed by atoms with Crippen molar-refractivity contribution in [1.29, 1.82) is 0 Å². The Morgan fingerprint density at radius 3 is 2.62 bits per heavy atom. The molecule has 116 valence electrons. The number of halogens is 1. The van der Waals surface area contributed by atoms with Crippen LogP contribution in [0.2, 0.25) is 0 Å². The van der Waals surface area contributed by atoms with Gasteiger partial charge in [0, 0.05) is 5.33 Å². The highest BCUT2D eigenvalue weighted by molar-refractivity contribution is 9.08. The van der Waals surface area contributed by atoms with E-state index in [0.29, 0.717) is 12.5 Å². The van der Waals surface area contributed by atoms with E-state index in [4.69, 9.17) is 4.74 Å². The Bertz CT molecular complexity index is 441. The Labute approximate surface area is 136 Å². The third kappa shape index (κ3) is 4.57. The average Bonchev–Trinajstić information content (AvgIpc) is 2.55. The molecule has 0 amide bonds. The Morgan fingerprint density at radius 2 is 1.95 bits per heavy atom. The summed E-state index contributed by atoms with van der Waals surface area (Å²) in [7, 11) is 0. The van der Waals surface area contributed by atoms with Crippen LogP contribution >= 0.6 is 15.9 Å². The molecule has 0 spiro atoms. The summed E-state index contributed by atoms with van der Waals surface area (Å²) >= 11 is 3.47. The van der Waals surface area contributed by atoms with Gasteiger partial charge in [0.1, 0.15) is 0 Å². The lowest BCUT2D eigenvalue weighted by Gasteiger charge is -2.30. The second kappa shape index (κ2) is 8.57. The van der Waals surface area contributed by atoms with Gasteiger partial charge in [-0.2, -0.15) is 0 Å². The Hall–Kier alpha value is -0.830. The van der Waals surface area contributed by atoms with Crippen molar-refractivity contribution in [3.63, 3.8) is 0 Å². The molecule has 0 aromatic heterocycles. The number of unbranched alkanes of at least 4 members (excludes halogenated alkanes) is 1. The highest BCUT2D eigenvalue weighted by atomic mass is 79.9. The molecule has 2 nitrogen and oxygen atoms in total. The third-order valence-electron chi connectivity index (χ3n) is 4.37. The van der Waals surface area contributed by atoms with E-state index in [0.717, 1.165) is 37.4 Å². The summed E-state index contributed by atoms with van der Waals surface area (Å²) in [6.45, 7) is 2.68. The fourth-order valence-corrected chi connectivity index (χ4v) is 3.46. The van der Waals surface area contributed by atoms with Crippen molar-refractivity contribution in [3.05, 3.63) is 35.4 Å². The van der Waals surface area contributed by atoms with Crippen molar-refractivity contribution in [1.82, 2.24) is 0 Å². The molecule has 1 saturated carbocycles.